The second kappa shape index (κ2) is 10.6. The molecule has 0 aliphatic rings. The van der Waals surface area contributed by atoms with Crippen LogP contribution in [-0.2, 0) is 11.3 Å². The summed E-state index contributed by atoms with van der Waals surface area (Å²) < 4.78 is 12.1. The molecular formula is C16H23BrN2O2. The zero-order valence-electron chi connectivity index (χ0n) is 12.7. The maximum atomic E-state index is 5.53. The first-order chi connectivity index (χ1) is 10.1. The molecule has 21 heavy (non-hydrogen) atoms. The molecule has 0 saturated heterocycles. The van der Waals surface area contributed by atoms with E-state index in [1.54, 1.807) is 0 Å². The Morgan fingerprint density at radius 2 is 2.14 bits per heavy atom. The zero-order chi connectivity index (χ0) is 15.5. The first kappa shape index (κ1) is 18.0. The number of hydrogen-bond acceptors (Lipinski definition) is 4. The van der Waals surface area contributed by atoms with Gasteiger partial charge in [-0.1, -0.05) is 21.9 Å². The molecule has 0 aliphatic carbocycles. The molecule has 0 heterocycles. The third kappa shape index (κ3) is 8.08. The van der Waals surface area contributed by atoms with Gasteiger partial charge in [-0.2, -0.15) is 0 Å². The molecule has 0 fully saturated rings. The topological polar surface area (TPSA) is 33.7 Å². The third-order valence-corrected chi connectivity index (χ3v) is 3.25. The Labute approximate surface area is 135 Å². The molecule has 0 radical (unpaired) electrons. The lowest BCUT2D eigenvalue weighted by Crippen LogP contribution is -2.23. The van der Waals surface area contributed by atoms with Gasteiger partial charge in [0.25, 0.3) is 0 Å². The molecule has 0 spiro atoms. The maximum Gasteiger partial charge on any atom is 0.148 e. The van der Waals surface area contributed by atoms with E-state index in [0.717, 1.165) is 42.0 Å². The van der Waals surface area contributed by atoms with Gasteiger partial charge in [-0.15, -0.1) is 6.42 Å². The quantitative estimate of drug-likeness (QED) is 0.515. The van der Waals surface area contributed by atoms with Crippen molar-refractivity contribution in [1.29, 1.82) is 0 Å². The Morgan fingerprint density at radius 1 is 1.33 bits per heavy atom. The molecule has 1 N–H and O–H groups in total. The van der Waals surface area contributed by atoms with E-state index in [-0.39, 0.29) is 6.61 Å². The number of halogens is 1. The van der Waals surface area contributed by atoms with Crippen molar-refractivity contribution in [2.75, 3.05) is 47.0 Å². The summed E-state index contributed by atoms with van der Waals surface area (Å²) in [7, 11) is 4.07. The highest BCUT2D eigenvalue weighted by molar-refractivity contribution is 9.10. The summed E-state index contributed by atoms with van der Waals surface area (Å²) in [6.07, 6.45) is 5.23. The number of benzene rings is 1. The van der Waals surface area contributed by atoms with Crippen molar-refractivity contribution >= 4 is 15.9 Å². The largest absolute Gasteiger partial charge is 0.481 e. The van der Waals surface area contributed by atoms with Gasteiger partial charge < -0.3 is 19.7 Å². The van der Waals surface area contributed by atoms with Crippen molar-refractivity contribution in [3.63, 3.8) is 0 Å². The molecular weight excluding hydrogens is 332 g/mol. The summed E-state index contributed by atoms with van der Waals surface area (Å²) >= 11 is 3.47. The average Bonchev–Trinajstić information content (AvgIpc) is 2.45. The number of hydrogen-bond donors (Lipinski definition) is 1. The molecule has 1 aromatic carbocycles. The Balaban J connectivity index is 2.30. The standard InChI is InChI=1S/C16H23BrN2O2/c1-4-9-21-16-6-5-15(17)12-14(16)13-18-7-10-20-11-8-19(2)3/h1,5-6,12,18H,7-11,13H2,2-3H3. The number of rotatable bonds is 10. The number of terminal acetylenes is 1. The van der Waals surface area contributed by atoms with Gasteiger partial charge in [0.1, 0.15) is 12.4 Å². The Bertz CT molecular complexity index is 458. The van der Waals surface area contributed by atoms with Crippen LogP contribution in [0.1, 0.15) is 5.56 Å². The average molecular weight is 355 g/mol. The first-order valence-corrected chi connectivity index (χ1v) is 7.70. The SMILES string of the molecule is C#CCOc1ccc(Br)cc1CNCCOCCN(C)C. The monoisotopic (exact) mass is 354 g/mol. The predicted molar refractivity (Wildman–Crippen MR) is 89.5 cm³/mol. The van der Waals surface area contributed by atoms with Crippen molar-refractivity contribution in [2.24, 2.45) is 0 Å². The van der Waals surface area contributed by atoms with Gasteiger partial charge in [0.05, 0.1) is 13.2 Å². The van der Waals surface area contributed by atoms with Gasteiger partial charge in [-0.05, 0) is 32.3 Å². The molecule has 0 bridgehead atoms. The number of nitrogens with one attached hydrogen (secondary N) is 1. The van der Waals surface area contributed by atoms with E-state index in [4.69, 9.17) is 15.9 Å². The van der Waals surface area contributed by atoms with Crippen molar-refractivity contribution in [1.82, 2.24) is 10.2 Å². The summed E-state index contributed by atoms with van der Waals surface area (Å²) in [6.45, 7) is 4.19. The van der Waals surface area contributed by atoms with E-state index in [0.29, 0.717) is 6.61 Å². The molecule has 5 heteroatoms. The summed E-state index contributed by atoms with van der Waals surface area (Å²) in [4.78, 5) is 2.10. The maximum absolute atomic E-state index is 5.53. The highest BCUT2D eigenvalue weighted by Gasteiger charge is 2.04. The van der Waals surface area contributed by atoms with Gasteiger partial charge in [-0.25, -0.2) is 0 Å². The van der Waals surface area contributed by atoms with Gasteiger partial charge >= 0.3 is 0 Å². The van der Waals surface area contributed by atoms with Crippen LogP contribution in [0.4, 0.5) is 0 Å². The Morgan fingerprint density at radius 3 is 2.86 bits per heavy atom. The van der Waals surface area contributed by atoms with Crippen LogP contribution in [0.25, 0.3) is 0 Å². The van der Waals surface area contributed by atoms with E-state index in [2.05, 4.69) is 32.1 Å². The minimum Gasteiger partial charge on any atom is -0.481 e. The number of nitrogens with zero attached hydrogens (tertiary/aromatic N) is 1. The third-order valence-electron chi connectivity index (χ3n) is 2.76. The first-order valence-electron chi connectivity index (χ1n) is 6.91. The van der Waals surface area contributed by atoms with Crippen LogP contribution >= 0.6 is 15.9 Å². The van der Waals surface area contributed by atoms with Crippen LogP contribution < -0.4 is 10.1 Å². The van der Waals surface area contributed by atoms with Crippen molar-refractivity contribution in [3.05, 3.63) is 28.2 Å². The summed E-state index contributed by atoms with van der Waals surface area (Å²) in [5.74, 6) is 3.30. The van der Waals surface area contributed by atoms with Crippen molar-refractivity contribution in [2.45, 2.75) is 6.54 Å². The summed E-state index contributed by atoms with van der Waals surface area (Å²) in [6, 6.07) is 5.90. The van der Waals surface area contributed by atoms with Gasteiger partial charge in [0.2, 0.25) is 0 Å². The van der Waals surface area contributed by atoms with Gasteiger partial charge in [0.15, 0.2) is 0 Å². The van der Waals surface area contributed by atoms with Gasteiger partial charge in [0, 0.05) is 29.7 Å². The molecule has 0 aliphatic heterocycles. The molecule has 0 amide bonds. The highest BCUT2D eigenvalue weighted by Crippen LogP contribution is 2.23. The molecule has 0 atom stereocenters. The lowest BCUT2D eigenvalue weighted by molar-refractivity contribution is 0.119. The van der Waals surface area contributed by atoms with Crippen molar-refractivity contribution < 1.29 is 9.47 Å². The lowest BCUT2D eigenvalue weighted by atomic mass is 10.2. The van der Waals surface area contributed by atoms with Crippen LogP contribution in [0.2, 0.25) is 0 Å². The van der Waals surface area contributed by atoms with Crippen molar-refractivity contribution in [3.8, 4) is 18.1 Å². The Hall–Kier alpha value is -1.06. The summed E-state index contributed by atoms with van der Waals surface area (Å²) in [5, 5.41) is 3.34. The Kier molecular flexibility index (Phi) is 9.11. The van der Waals surface area contributed by atoms with Crippen LogP contribution in [0.3, 0.4) is 0 Å². The number of likely N-dealkylation sites (N-methyl/N-ethyl adjacent to an activating group) is 1. The molecule has 0 unspecified atom stereocenters. The molecule has 0 saturated carbocycles. The van der Waals surface area contributed by atoms with Gasteiger partial charge in [-0.3, -0.25) is 0 Å². The van der Waals surface area contributed by atoms with E-state index in [1.165, 1.54) is 0 Å². The van der Waals surface area contributed by atoms with E-state index >= 15 is 0 Å². The van der Waals surface area contributed by atoms with Crippen LogP contribution in [0.5, 0.6) is 5.75 Å². The molecule has 0 aromatic heterocycles. The molecule has 4 nitrogen and oxygen atoms in total. The lowest BCUT2D eigenvalue weighted by Gasteiger charge is -2.12. The minimum atomic E-state index is 0.280. The second-order valence-corrected chi connectivity index (χ2v) is 5.75. The molecule has 1 aromatic rings. The highest BCUT2D eigenvalue weighted by atomic mass is 79.9. The predicted octanol–water partition coefficient (Wildman–Crippen LogP) is 2.13. The van der Waals surface area contributed by atoms with Crippen LogP contribution in [0.15, 0.2) is 22.7 Å². The van der Waals surface area contributed by atoms with E-state index in [9.17, 15) is 0 Å². The fourth-order valence-electron chi connectivity index (χ4n) is 1.66. The van der Waals surface area contributed by atoms with E-state index in [1.807, 2.05) is 32.3 Å². The summed E-state index contributed by atoms with van der Waals surface area (Å²) in [5.41, 5.74) is 1.08. The van der Waals surface area contributed by atoms with Crippen LogP contribution in [0, 0.1) is 12.3 Å². The van der Waals surface area contributed by atoms with E-state index < -0.39 is 0 Å². The molecule has 116 valence electrons. The zero-order valence-corrected chi connectivity index (χ0v) is 14.3. The second-order valence-electron chi connectivity index (χ2n) is 4.84. The molecule has 1 rings (SSSR count). The van der Waals surface area contributed by atoms with Crippen LogP contribution in [-0.4, -0.2) is 51.9 Å². The fourth-order valence-corrected chi connectivity index (χ4v) is 2.07. The smallest absolute Gasteiger partial charge is 0.148 e. The normalized spacial score (nSPS) is 10.6. The fraction of sp³-hybridized carbons (Fsp3) is 0.500. The minimum absolute atomic E-state index is 0.280. The number of ether oxygens (including phenoxy) is 2.